The Kier molecular flexibility index (Phi) is 5.92. The molecule has 0 aliphatic carbocycles. The SMILES string of the molecule is CCCCCC(Br)C(C)c1ccccn1. The topological polar surface area (TPSA) is 12.9 Å². The number of alkyl halides is 1. The molecule has 1 nitrogen and oxygen atoms in total. The van der Waals surface area contributed by atoms with Crippen molar-refractivity contribution in [1.82, 2.24) is 4.98 Å². The first-order chi connectivity index (χ1) is 7.25. The molecule has 0 radical (unpaired) electrons. The molecule has 2 atom stereocenters. The molecule has 15 heavy (non-hydrogen) atoms. The van der Waals surface area contributed by atoms with Gasteiger partial charge in [-0.15, -0.1) is 0 Å². The van der Waals surface area contributed by atoms with Gasteiger partial charge in [-0.3, -0.25) is 4.98 Å². The first kappa shape index (κ1) is 12.7. The first-order valence-electron chi connectivity index (χ1n) is 5.80. The van der Waals surface area contributed by atoms with E-state index in [0.717, 1.165) is 0 Å². The molecule has 84 valence electrons. The van der Waals surface area contributed by atoms with Gasteiger partial charge < -0.3 is 0 Å². The van der Waals surface area contributed by atoms with Crippen molar-refractivity contribution in [3.05, 3.63) is 30.1 Å². The van der Waals surface area contributed by atoms with Crippen LogP contribution in [-0.4, -0.2) is 9.81 Å². The third-order valence-corrected chi connectivity index (χ3v) is 4.03. The Bertz CT molecular complexity index is 260. The highest BCUT2D eigenvalue weighted by atomic mass is 79.9. The second-order valence-corrected chi connectivity index (χ2v) is 5.23. The third-order valence-electron chi connectivity index (χ3n) is 2.78. The minimum atomic E-state index is 0.503. The lowest BCUT2D eigenvalue weighted by atomic mass is 9.99. The zero-order valence-electron chi connectivity index (χ0n) is 9.62. The molecule has 0 fully saturated rings. The van der Waals surface area contributed by atoms with E-state index in [-0.39, 0.29) is 0 Å². The van der Waals surface area contributed by atoms with E-state index < -0.39 is 0 Å². The van der Waals surface area contributed by atoms with Crippen LogP contribution in [-0.2, 0) is 0 Å². The number of hydrogen-bond acceptors (Lipinski definition) is 1. The molecule has 0 N–H and O–H groups in total. The fourth-order valence-electron chi connectivity index (χ4n) is 1.67. The quantitative estimate of drug-likeness (QED) is 0.546. The fraction of sp³-hybridized carbons (Fsp3) is 0.615. The molecule has 0 aliphatic rings. The minimum absolute atomic E-state index is 0.503. The molecule has 1 heterocycles. The Morgan fingerprint density at radius 2 is 2.13 bits per heavy atom. The molecule has 0 aromatic carbocycles. The Morgan fingerprint density at radius 3 is 2.73 bits per heavy atom. The molecule has 0 saturated carbocycles. The fourth-order valence-corrected chi connectivity index (χ4v) is 2.26. The predicted molar refractivity (Wildman–Crippen MR) is 69.5 cm³/mol. The Balaban J connectivity index is 2.42. The average molecular weight is 270 g/mol. The molecule has 0 aliphatic heterocycles. The zero-order valence-corrected chi connectivity index (χ0v) is 11.2. The van der Waals surface area contributed by atoms with Gasteiger partial charge in [-0.1, -0.05) is 55.1 Å². The molecular formula is C13H20BrN. The van der Waals surface area contributed by atoms with Crippen LogP contribution in [0.4, 0.5) is 0 Å². The average Bonchev–Trinajstić information content (AvgIpc) is 2.29. The summed E-state index contributed by atoms with van der Waals surface area (Å²) in [5, 5.41) is 0. The first-order valence-corrected chi connectivity index (χ1v) is 6.72. The van der Waals surface area contributed by atoms with Crippen LogP contribution >= 0.6 is 15.9 Å². The van der Waals surface area contributed by atoms with Gasteiger partial charge in [-0.2, -0.15) is 0 Å². The van der Waals surface area contributed by atoms with Crippen LogP contribution in [0.2, 0.25) is 0 Å². The highest BCUT2D eigenvalue weighted by Gasteiger charge is 2.16. The Labute approximate surface area is 101 Å². The van der Waals surface area contributed by atoms with Crippen LogP contribution in [0.25, 0.3) is 0 Å². The molecule has 0 bridgehead atoms. The van der Waals surface area contributed by atoms with Crippen molar-refractivity contribution in [1.29, 1.82) is 0 Å². The van der Waals surface area contributed by atoms with Gasteiger partial charge in [0.15, 0.2) is 0 Å². The van der Waals surface area contributed by atoms with Crippen LogP contribution < -0.4 is 0 Å². The normalized spacial score (nSPS) is 14.9. The Hall–Kier alpha value is -0.370. The van der Waals surface area contributed by atoms with Crippen LogP contribution in [0.3, 0.4) is 0 Å². The molecule has 0 saturated heterocycles. The lowest BCUT2D eigenvalue weighted by molar-refractivity contribution is 0.592. The predicted octanol–water partition coefficient (Wildman–Crippen LogP) is 4.53. The summed E-state index contributed by atoms with van der Waals surface area (Å²) in [6, 6.07) is 6.14. The van der Waals surface area contributed by atoms with Crippen molar-refractivity contribution in [2.75, 3.05) is 0 Å². The number of hydrogen-bond donors (Lipinski definition) is 0. The highest BCUT2D eigenvalue weighted by Crippen LogP contribution is 2.26. The summed E-state index contributed by atoms with van der Waals surface area (Å²) in [6.45, 7) is 4.49. The van der Waals surface area contributed by atoms with Gasteiger partial charge in [0.05, 0.1) is 0 Å². The molecule has 1 rings (SSSR count). The lowest BCUT2D eigenvalue weighted by Crippen LogP contribution is -2.10. The van der Waals surface area contributed by atoms with E-state index in [1.807, 2.05) is 12.3 Å². The van der Waals surface area contributed by atoms with Crippen molar-refractivity contribution in [3.63, 3.8) is 0 Å². The van der Waals surface area contributed by atoms with Crippen molar-refractivity contribution < 1.29 is 0 Å². The molecule has 1 aromatic rings. The van der Waals surface area contributed by atoms with Crippen LogP contribution in [0.1, 0.15) is 51.1 Å². The van der Waals surface area contributed by atoms with E-state index in [4.69, 9.17) is 0 Å². The van der Waals surface area contributed by atoms with E-state index in [2.05, 4.69) is 46.9 Å². The number of halogens is 1. The van der Waals surface area contributed by atoms with E-state index in [1.54, 1.807) is 0 Å². The van der Waals surface area contributed by atoms with Crippen LogP contribution in [0.5, 0.6) is 0 Å². The van der Waals surface area contributed by atoms with Crippen molar-refractivity contribution >= 4 is 15.9 Å². The number of nitrogens with zero attached hydrogens (tertiary/aromatic N) is 1. The maximum absolute atomic E-state index is 4.40. The van der Waals surface area contributed by atoms with Crippen LogP contribution in [0.15, 0.2) is 24.4 Å². The highest BCUT2D eigenvalue weighted by molar-refractivity contribution is 9.09. The van der Waals surface area contributed by atoms with Crippen molar-refractivity contribution in [2.45, 2.75) is 50.3 Å². The van der Waals surface area contributed by atoms with E-state index in [9.17, 15) is 0 Å². The molecule has 0 spiro atoms. The second-order valence-electron chi connectivity index (χ2n) is 4.06. The van der Waals surface area contributed by atoms with E-state index >= 15 is 0 Å². The van der Waals surface area contributed by atoms with Gasteiger partial charge in [0.25, 0.3) is 0 Å². The van der Waals surface area contributed by atoms with Crippen LogP contribution in [0, 0.1) is 0 Å². The van der Waals surface area contributed by atoms with Gasteiger partial charge in [0, 0.05) is 22.6 Å². The van der Waals surface area contributed by atoms with E-state index in [1.165, 1.54) is 31.4 Å². The monoisotopic (exact) mass is 269 g/mol. The van der Waals surface area contributed by atoms with Crippen molar-refractivity contribution in [3.8, 4) is 0 Å². The number of aromatic nitrogens is 1. The summed E-state index contributed by atoms with van der Waals surface area (Å²) < 4.78 is 0. The van der Waals surface area contributed by atoms with Gasteiger partial charge >= 0.3 is 0 Å². The Morgan fingerprint density at radius 1 is 1.33 bits per heavy atom. The number of rotatable bonds is 6. The van der Waals surface area contributed by atoms with Gasteiger partial charge in [0.1, 0.15) is 0 Å². The summed E-state index contributed by atoms with van der Waals surface area (Å²) in [4.78, 5) is 4.95. The summed E-state index contributed by atoms with van der Waals surface area (Å²) in [5.41, 5.74) is 1.19. The lowest BCUT2D eigenvalue weighted by Gasteiger charge is -2.17. The minimum Gasteiger partial charge on any atom is -0.261 e. The molecular weight excluding hydrogens is 250 g/mol. The third kappa shape index (κ3) is 4.33. The number of unbranched alkanes of at least 4 members (excludes halogenated alkanes) is 2. The summed E-state index contributed by atoms with van der Waals surface area (Å²) in [5.74, 6) is 0.503. The van der Waals surface area contributed by atoms with Gasteiger partial charge in [-0.05, 0) is 18.6 Å². The van der Waals surface area contributed by atoms with Gasteiger partial charge in [-0.25, -0.2) is 0 Å². The van der Waals surface area contributed by atoms with Gasteiger partial charge in [0.2, 0.25) is 0 Å². The summed E-state index contributed by atoms with van der Waals surface area (Å²) >= 11 is 3.77. The standard InChI is InChI=1S/C13H20BrN/c1-3-4-5-8-12(14)11(2)13-9-6-7-10-15-13/h6-7,9-12H,3-5,8H2,1-2H3. The van der Waals surface area contributed by atoms with E-state index in [0.29, 0.717) is 10.7 Å². The number of pyridine rings is 1. The maximum Gasteiger partial charge on any atom is 0.0442 e. The largest absolute Gasteiger partial charge is 0.261 e. The maximum atomic E-state index is 4.40. The zero-order chi connectivity index (χ0) is 11.1. The molecule has 1 aromatic heterocycles. The molecule has 2 unspecified atom stereocenters. The molecule has 0 amide bonds. The molecule has 2 heteroatoms. The summed E-state index contributed by atoms with van der Waals surface area (Å²) in [7, 11) is 0. The van der Waals surface area contributed by atoms with Crippen molar-refractivity contribution in [2.24, 2.45) is 0 Å². The summed E-state index contributed by atoms with van der Waals surface area (Å²) in [6.07, 6.45) is 7.04. The second kappa shape index (κ2) is 7.00. The smallest absolute Gasteiger partial charge is 0.0442 e.